The Labute approximate surface area is 443 Å². The number of aliphatic hydroxyl groups is 1. The number of aromatic nitrogens is 2. The number of aryl methyl sites for hydroxylation is 5. The van der Waals surface area contributed by atoms with E-state index in [1.54, 1.807) is 6.92 Å². The van der Waals surface area contributed by atoms with Crippen LogP contribution in [0.1, 0.15) is 61.9 Å². The maximum absolute atomic E-state index is 13.9. The first-order valence-electron chi connectivity index (χ1n) is 24.9. The first-order valence-corrected chi connectivity index (χ1v) is 24.9. The summed E-state index contributed by atoms with van der Waals surface area (Å²) in [5.74, 6) is 0.0389. The van der Waals surface area contributed by atoms with Gasteiger partial charge in [0.15, 0.2) is 5.78 Å². The number of nitrogens with zero attached hydrogens (tertiary/aromatic N) is 2. The fourth-order valence-corrected chi connectivity index (χ4v) is 10.9. The first-order chi connectivity index (χ1) is 34.7. The molecule has 8 aromatic carbocycles. The van der Waals surface area contributed by atoms with Crippen molar-refractivity contribution in [2.75, 3.05) is 0 Å². The van der Waals surface area contributed by atoms with E-state index in [0.29, 0.717) is 12.0 Å². The Hall–Kier alpha value is -7.56. The molecule has 0 amide bonds. The van der Waals surface area contributed by atoms with E-state index in [-0.39, 0.29) is 38.1 Å². The molecule has 363 valence electrons. The second kappa shape index (κ2) is 20.9. The van der Waals surface area contributed by atoms with Crippen LogP contribution in [0.25, 0.3) is 99.7 Å². The average molecular weight is 1130 g/mol. The number of benzene rings is 8. The topological polar surface area (TPSA) is 63.1 Å². The SMILES string of the molecule is C/C(O)=C(/C(=O)CCc1ccccc1-c1cc(-c2ccccc2-c2cnc(-c3[c-]c(C)cc(C)c3)c3ccccc23)cc(-c2ccccc2-c2cnc(-c3[c-]c(C)cc(C)c3)c3ccccc23)c1)C(C)(C)C.[Ir]. The largest absolute Gasteiger partial charge is 0.512 e. The molecule has 0 aliphatic heterocycles. The van der Waals surface area contributed by atoms with Gasteiger partial charge in [0.2, 0.25) is 0 Å². The summed E-state index contributed by atoms with van der Waals surface area (Å²) in [4.78, 5) is 24.3. The number of carbonyl (C=O) groups excluding carboxylic acids is 1. The Kier molecular flexibility index (Phi) is 14.4. The number of hydrogen-bond acceptors (Lipinski definition) is 4. The molecule has 1 radical (unpaired) electrons. The normalized spacial score (nSPS) is 11.9. The maximum atomic E-state index is 13.9. The summed E-state index contributed by atoms with van der Waals surface area (Å²) in [6.07, 6.45) is 4.84. The van der Waals surface area contributed by atoms with Crippen molar-refractivity contribution in [3.05, 3.63) is 227 Å². The molecule has 0 atom stereocenters. The summed E-state index contributed by atoms with van der Waals surface area (Å²) in [6.45, 7) is 16.0. The molecule has 5 heteroatoms. The molecule has 0 aliphatic rings. The minimum atomic E-state index is -0.488. The Bertz CT molecular complexity index is 3540. The molecule has 10 aromatic rings. The van der Waals surface area contributed by atoms with Crippen molar-refractivity contribution in [1.29, 1.82) is 0 Å². The van der Waals surface area contributed by atoms with Gasteiger partial charge in [-0.05, 0) is 120 Å². The third-order valence-electron chi connectivity index (χ3n) is 13.7. The van der Waals surface area contributed by atoms with Crippen molar-refractivity contribution in [2.24, 2.45) is 5.41 Å². The second-order valence-electron chi connectivity index (χ2n) is 20.3. The van der Waals surface area contributed by atoms with Crippen molar-refractivity contribution in [2.45, 2.75) is 68.2 Å². The molecule has 0 saturated carbocycles. The molecule has 1 N–H and O–H groups in total. The molecule has 2 aromatic heterocycles. The summed E-state index contributed by atoms with van der Waals surface area (Å²) in [6, 6.07) is 65.5. The number of carbonyl (C=O) groups is 1. The van der Waals surface area contributed by atoms with Gasteiger partial charge in [0.25, 0.3) is 0 Å². The smallest absolute Gasteiger partial charge is 0.163 e. The average Bonchev–Trinajstić information content (AvgIpc) is 3.36. The van der Waals surface area contributed by atoms with Crippen LogP contribution in [0.4, 0.5) is 0 Å². The summed E-state index contributed by atoms with van der Waals surface area (Å²) >= 11 is 0. The van der Waals surface area contributed by atoms with Crippen LogP contribution in [0.5, 0.6) is 0 Å². The predicted molar refractivity (Wildman–Crippen MR) is 300 cm³/mol. The third kappa shape index (κ3) is 10.3. The van der Waals surface area contributed by atoms with E-state index in [9.17, 15) is 9.90 Å². The van der Waals surface area contributed by atoms with Crippen LogP contribution in [0.2, 0.25) is 0 Å². The molecular formula is C68H58IrN2O2-2. The number of hydrogen-bond donors (Lipinski definition) is 1. The van der Waals surface area contributed by atoms with Crippen molar-refractivity contribution < 1.29 is 30.0 Å². The molecule has 10 rings (SSSR count). The Morgan fingerprint density at radius 3 is 1.30 bits per heavy atom. The quantitative estimate of drug-likeness (QED) is 0.0796. The molecule has 4 nitrogen and oxygen atoms in total. The van der Waals surface area contributed by atoms with Crippen molar-refractivity contribution in [3.8, 4) is 78.1 Å². The van der Waals surface area contributed by atoms with E-state index in [1.807, 2.05) is 39.2 Å². The fraction of sp³-hybridized carbons (Fsp3) is 0.162. The van der Waals surface area contributed by atoms with Crippen LogP contribution in [-0.4, -0.2) is 20.9 Å². The van der Waals surface area contributed by atoms with Crippen LogP contribution in [0.15, 0.2) is 188 Å². The Morgan fingerprint density at radius 2 is 0.877 bits per heavy atom. The summed E-state index contributed by atoms with van der Waals surface area (Å²) in [5, 5.41) is 15.0. The van der Waals surface area contributed by atoms with Crippen LogP contribution in [0.3, 0.4) is 0 Å². The molecule has 0 spiro atoms. The van der Waals surface area contributed by atoms with E-state index < -0.39 is 5.41 Å². The predicted octanol–water partition coefficient (Wildman–Crippen LogP) is 17.7. The molecule has 0 saturated heterocycles. The van der Waals surface area contributed by atoms with Crippen molar-refractivity contribution in [3.63, 3.8) is 0 Å². The van der Waals surface area contributed by atoms with Crippen molar-refractivity contribution in [1.82, 2.24) is 9.97 Å². The third-order valence-corrected chi connectivity index (χ3v) is 13.7. The van der Waals surface area contributed by atoms with Gasteiger partial charge in [-0.25, -0.2) is 0 Å². The zero-order valence-electron chi connectivity index (χ0n) is 42.7. The molecule has 0 aliphatic carbocycles. The molecule has 0 unspecified atom stereocenters. The molecular weight excluding hydrogens is 1070 g/mol. The van der Waals surface area contributed by atoms with E-state index in [4.69, 9.17) is 9.97 Å². The van der Waals surface area contributed by atoms with Gasteiger partial charge in [0, 0.05) is 55.6 Å². The van der Waals surface area contributed by atoms with Gasteiger partial charge < -0.3 is 15.1 Å². The van der Waals surface area contributed by atoms with Crippen LogP contribution in [-0.2, 0) is 31.3 Å². The summed E-state index contributed by atoms with van der Waals surface area (Å²) in [7, 11) is 0. The van der Waals surface area contributed by atoms with Gasteiger partial charge >= 0.3 is 0 Å². The number of rotatable bonds is 11. The molecule has 73 heavy (non-hydrogen) atoms. The minimum Gasteiger partial charge on any atom is -0.512 e. The van der Waals surface area contributed by atoms with Gasteiger partial charge in [0.1, 0.15) is 0 Å². The van der Waals surface area contributed by atoms with Crippen LogP contribution in [0, 0.1) is 45.2 Å². The monoisotopic (exact) mass is 1130 g/mol. The van der Waals surface area contributed by atoms with Gasteiger partial charge in [-0.15, -0.1) is 69.8 Å². The standard InChI is InChI=1S/C68H58N2O2.Ir/c1-42-31-43(2)34-51(33-42)66-60-27-17-15-25-58(60)62(40-69-66)56-23-13-11-21-54(56)49-37-48(53-20-10-9-19-47(53)29-30-64(72)65(46(5)71)68(6,7)8)38-50(39-49)55-22-12-14-24-57(55)63-41-70-67(61-28-18-16-26-59(61)63)52-35-44(3)32-45(4)36-52;/h9-28,31-33,35,37-41,71H,29-30H2,1-8H3;/q-2;/b65-46+;. The van der Waals surface area contributed by atoms with Crippen LogP contribution < -0.4 is 0 Å². The number of fused-ring (bicyclic) bond motifs is 2. The minimum absolute atomic E-state index is 0. The van der Waals surface area contributed by atoms with Gasteiger partial charge in [-0.2, -0.15) is 0 Å². The molecule has 0 bridgehead atoms. The Balaban J connectivity index is 0.00000656. The van der Waals surface area contributed by atoms with Gasteiger partial charge in [-0.1, -0.05) is 170 Å². The number of ketones is 1. The summed E-state index contributed by atoms with van der Waals surface area (Å²) in [5.41, 5.74) is 19.9. The molecule has 0 fully saturated rings. The first kappa shape index (κ1) is 50.4. The number of allylic oxidation sites excluding steroid dienone is 2. The van der Waals surface area contributed by atoms with E-state index in [0.717, 1.165) is 116 Å². The number of pyridine rings is 2. The number of Topliss-reactive ketones (excluding diaryl/α,β-unsaturated/α-hetero) is 1. The van der Waals surface area contributed by atoms with E-state index in [1.165, 1.54) is 11.1 Å². The van der Waals surface area contributed by atoms with E-state index in [2.05, 4.69) is 198 Å². The Morgan fingerprint density at radius 1 is 0.493 bits per heavy atom. The zero-order valence-corrected chi connectivity index (χ0v) is 45.1. The molecule has 2 heterocycles. The zero-order chi connectivity index (χ0) is 50.3. The van der Waals surface area contributed by atoms with Gasteiger partial charge in [-0.3, -0.25) is 4.79 Å². The van der Waals surface area contributed by atoms with Crippen LogP contribution >= 0.6 is 0 Å². The van der Waals surface area contributed by atoms with Gasteiger partial charge in [0.05, 0.1) is 5.76 Å². The van der Waals surface area contributed by atoms with Crippen molar-refractivity contribution >= 4 is 27.3 Å². The summed E-state index contributed by atoms with van der Waals surface area (Å²) < 4.78 is 0. The fourth-order valence-electron chi connectivity index (χ4n) is 10.9. The van der Waals surface area contributed by atoms with E-state index >= 15 is 0 Å². The number of aliphatic hydroxyl groups excluding tert-OH is 1. The maximum Gasteiger partial charge on any atom is 0.163 e. The second-order valence-corrected chi connectivity index (χ2v) is 20.3.